The number of esters is 1. The molecule has 428 valence electrons. The van der Waals surface area contributed by atoms with Crippen LogP contribution in [0.3, 0.4) is 0 Å². The van der Waals surface area contributed by atoms with Crippen molar-refractivity contribution in [1.29, 1.82) is 0 Å². The van der Waals surface area contributed by atoms with Crippen LogP contribution in [-0.2, 0) is 27.9 Å². The fourth-order valence-corrected chi connectivity index (χ4v) is 9.05. The lowest BCUT2D eigenvalue weighted by Gasteiger charge is -2.27. The van der Waals surface area contributed by atoms with Crippen molar-refractivity contribution >= 4 is 19.7 Å². The number of quaternary nitrogens is 1. The summed E-state index contributed by atoms with van der Waals surface area (Å²) in [6.07, 6.45) is 70.1. The third-order valence-corrected chi connectivity index (χ3v) is 14.0. The molecule has 2 N–H and O–H groups in total. The van der Waals surface area contributed by atoms with Crippen LogP contribution in [0.4, 0.5) is 0 Å². The number of allylic oxidation sites excluding steroid dienone is 13. The summed E-state index contributed by atoms with van der Waals surface area (Å²) in [5, 5.41) is 3.02. The molecule has 0 aliphatic heterocycles. The number of ether oxygens (including phenoxy) is 1. The van der Waals surface area contributed by atoms with Crippen LogP contribution in [0.15, 0.2) is 85.1 Å². The van der Waals surface area contributed by atoms with Gasteiger partial charge in [0.05, 0.1) is 33.8 Å². The average Bonchev–Trinajstić information content (AvgIpc) is 3.36. The smallest absolute Gasteiger partial charge is 0.456 e. The summed E-state index contributed by atoms with van der Waals surface area (Å²) >= 11 is 0. The molecule has 0 aromatic carbocycles. The Morgan fingerprint density at radius 3 is 1.28 bits per heavy atom. The maximum absolute atomic E-state index is 13.5. The Kier molecular flexibility index (Phi) is 51.5. The molecule has 0 radical (unpaired) electrons. The monoisotopic (exact) mass is 1060 g/mol. The first kappa shape index (κ1) is 71.2. The van der Waals surface area contributed by atoms with Crippen molar-refractivity contribution in [3.8, 4) is 0 Å². The number of carbonyl (C=O) groups excluding carboxylic acids is 2. The second-order valence-electron chi connectivity index (χ2n) is 21.5. The third-order valence-electron chi connectivity index (χ3n) is 13.1. The number of rotatable bonds is 54. The van der Waals surface area contributed by atoms with Crippen LogP contribution >= 0.6 is 7.82 Å². The Labute approximate surface area is 456 Å². The van der Waals surface area contributed by atoms with Gasteiger partial charge in [-0.05, 0) is 102 Å². The van der Waals surface area contributed by atoms with Crippen LogP contribution in [0.2, 0.25) is 0 Å². The maximum atomic E-state index is 13.5. The van der Waals surface area contributed by atoms with E-state index < -0.39 is 20.0 Å². The third kappa shape index (κ3) is 54.0. The molecular formula is C64H116N2O7P+. The highest BCUT2D eigenvalue weighted by Crippen LogP contribution is 2.43. The number of amides is 1. The van der Waals surface area contributed by atoms with Crippen LogP contribution < -0.4 is 5.32 Å². The van der Waals surface area contributed by atoms with E-state index in [0.29, 0.717) is 17.4 Å². The number of carbonyl (C=O) groups is 2. The Balaban J connectivity index is 5.37. The van der Waals surface area contributed by atoms with E-state index in [1.807, 2.05) is 33.3 Å². The molecular weight excluding hydrogens is 940 g/mol. The minimum atomic E-state index is -4.47. The molecule has 0 aromatic heterocycles. The van der Waals surface area contributed by atoms with Gasteiger partial charge in [-0.15, -0.1) is 0 Å². The molecule has 10 heteroatoms. The highest BCUT2D eigenvalue weighted by molar-refractivity contribution is 7.47. The van der Waals surface area contributed by atoms with Gasteiger partial charge in [0.15, 0.2) is 0 Å². The highest BCUT2D eigenvalue weighted by atomic mass is 31.2. The van der Waals surface area contributed by atoms with Crippen molar-refractivity contribution in [3.05, 3.63) is 85.1 Å². The van der Waals surface area contributed by atoms with Crippen LogP contribution in [0.5, 0.6) is 0 Å². The topological polar surface area (TPSA) is 111 Å². The van der Waals surface area contributed by atoms with Crippen molar-refractivity contribution in [3.63, 3.8) is 0 Å². The van der Waals surface area contributed by atoms with Crippen molar-refractivity contribution < 1.29 is 37.3 Å². The summed E-state index contributed by atoms with van der Waals surface area (Å²) < 4.78 is 30.6. The number of likely N-dealkylation sites (N-methyl/N-ethyl adjacent to an activating group) is 1. The predicted molar refractivity (Wildman–Crippen MR) is 318 cm³/mol. The highest BCUT2D eigenvalue weighted by Gasteiger charge is 2.30. The van der Waals surface area contributed by atoms with E-state index in [9.17, 15) is 19.0 Å². The van der Waals surface area contributed by atoms with E-state index in [2.05, 4.69) is 99.0 Å². The zero-order valence-electron chi connectivity index (χ0n) is 48.8. The van der Waals surface area contributed by atoms with E-state index in [1.54, 1.807) is 0 Å². The number of hydrogen-bond donors (Lipinski definition) is 2. The van der Waals surface area contributed by atoms with Crippen molar-refractivity contribution in [1.82, 2.24) is 5.32 Å². The minimum absolute atomic E-state index is 0.0263. The summed E-state index contributed by atoms with van der Waals surface area (Å²) in [6.45, 7) is 6.91. The summed E-state index contributed by atoms with van der Waals surface area (Å²) in [5.74, 6) is -0.576. The van der Waals surface area contributed by atoms with Crippen LogP contribution in [0.25, 0.3) is 0 Å². The molecule has 0 saturated carbocycles. The summed E-state index contributed by atoms with van der Waals surface area (Å²) in [7, 11) is 1.45. The molecule has 3 unspecified atom stereocenters. The Morgan fingerprint density at radius 2 is 0.838 bits per heavy atom. The van der Waals surface area contributed by atoms with E-state index >= 15 is 0 Å². The largest absolute Gasteiger partial charge is 0.472 e. The van der Waals surface area contributed by atoms with Gasteiger partial charge < -0.3 is 19.4 Å². The number of hydrogen-bond acceptors (Lipinski definition) is 6. The van der Waals surface area contributed by atoms with Gasteiger partial charge in [0.1, 0.15) is 19.3 Å². The molecule has 1 amide bonds. The number of nitrogens with one attached hydrogen (secondary N) is 1. The molecule has 0 rings (SSSR count). The van der Waals surface area contributed by atoms with Crippen LogP contribution in [0, 0.1) is 0 Å². The second kappa shape index (κ2) is 53.6. The van der Waals surface area contributed by atoms with E-state index in [4.69, 9.17) is 13.8 Å². The first-order valence-corrected chi connectivity index (χ1v) is 31.9. The second-order valence-corrected chi connectivity index (χ2v) is 23.0. The Morgan fingerprint density at radius 1 is 0.473 bits per heavy atom. The molecule has 9 nitrogen and oxygen atoms in total. The van der Waals surface area contributed by atoms with Crippen LogP contribution in [-0.4, -0.2) is 74.3 Å². The molecule has 74 heavy (non-hydrogen) atoms. The SMILES string of the molecule is CCCCC/C=C\C/C=C\C/C=C\C/C=C\CCCC(=O)NC(COP(=O)(O)OCC[N+](C)(C)C)C(/C=C/CCCCCCCCCCCC)OC(=O)CCCCCCCCCCC/C=C\C/C=C\CCCCC. The van der Waals surface area contributed by atoms with Gasteiger partial charge in [0, 0.05) is 12.8 Å². The van der Waals surface area contributed by atoms with Gasteiger partial charge in [-0.2, -0.15) is 0 Å². The number of phosphoric ester groups is 1. The number of unbranched alkanes of at least 4 members (excludes halogenated alkanes) is 26. The van der Waals surface area contributed by atoms with Crippen molar-refractivity contribution in [2.45, 2.75) is 270 Å². The predicted octanol–water partition coefficient (Wildman–Crippen LogP) is 18.6. The molecule has 0 spiro atoms. The zero-order valence-corrected chi connectivity index (χ0v) is 49.7. The number of nitrogens with zero attached hydrogens (tertiary/aromatic N) is 1. The molecule has 0 aliphatic rings. The summed E-state index contributed by atoms with van der Waals surface area (Å²) in [4.78, 5) is 37.6. The van der Waals surface area contributed by atoms with Crippen molar-refractivity contribution in [2.75, 3.05) is 40.9 Å². The quantitative estimate of drug-likeness (QED) is 0.0205. The van der Waals surface area contributed by atoms with Crippen molar-refractivity contribution in [2.24, 2.45) is 0 Å². The molecule has 0 fully saturated rings. The number of phosphoric acid groups is 1. The summed E-state index contributed by atoms with van der Waals surface area (Å²) in [6, 6.07) is -0.882. The Bertz CT molecular complexity index is 1540. The fourth-order valence-electron chi connectivity index (χ4n) is 8.31. The van der Waals surface area contributed by atoms with Gasteiger partial charge in [-0.1, -0.05) is 228 Å². The van der Waals surface area contributed by atoms with Gasteiger partial charge in [0.25, 0.3) is 0 Å². The maximum Gasteiger partial charge on any atom is 0.472 e. The van der Waals surface area contributed by atoms with E-state index in [-0.39, 0.29) is 37.9 Å². The molecule has 0 saturated heterocycles. The van der Waals surface area contributed by atoms with Gasteiger partial charge in [0.2, 0.25) is 5.91 Å². The normalized spacial score (nSPS) is 14.3. The molecule has 0 bridgehead atoms. The fraction of sp³-hybridized carbons (Fsp3) is 0.750. The Hall–Kier alpha value is -2.81. The molecule has 0 aromatic rings. The lowest BCUT2D eigenvalue weighted by atomic mass is 10.0. The molecule has 0 aliphatic carbocycles. The molecule has 0 heterocycles. The standard InChI is InChI=1S/C64H115N2O7P/c1-7-10-13-16-19-22-25-28-30-32-33-35-37-39-42-45-48-51-54-57-64(68)73-62(55-52-49-46-43-40-27-24-21-18-15-12-9-3)61(60-72-74(69,70)71-59-58-66(4,5)6)65-63(67)56-53-50-47-44-41-38-36-34-31-29-26-23-20-17-14-11-8-2/h19-20,22-23,28-31,36,38,44,47,52,55,61-62H,7-18,21,24-27,32-35,37,39-43,45-46,48-51,53-54,56-60H2,1-6H3,(H-,65,67,69,70)/p+1/b22-19-,23-20-,30-28-,31-29-,38-36-,47-44-,55-52+. The van der Waals surface area contributed by atoms with Gasteiger partial charge in [-0.3, -0.25) is 18.6 Å². The van der Waals surface area contributed by atoms with Crippen LogP contribution in [0.1, 0.15) is 258 Å². The molecule has 3 atom stereocenters. The van der Waals surface area contributed by atoms with E-state index in [0.717, 1.165) is 83.5 Å². The minimum Gasteiger partial charge on any atom is -0.456 e. The zero-order chi connectivity index (χ0) is 54.3. The van der Waals surface area contributed by atoms with Gasteiger partial charge in [-0.25, -0.2) is 4.57 Å². The first-order valence-electron chi connectivity index (χ1n) is 30.4. The van der Waals surface area contributed by atoms with Gasteiger partial charge >= 0.3 is 13.8 Å². The lowest BCUT2D eigenvalue weighted by molar-refractivity contribution is -0.870. The first-order chi connectivity index (χ1) is 35.9. The lowest BCUT2D eigenvalue weighted by Crippen LogP contribution is -2.47. The average molecular weight is 1060 g/mol. The summed E-state index contributed by atoms with van der Waals surface area (Å²) in [5.41, 5.74) is 0. The van der Waals surface area contributed by atoms with E-state index in [1.165, 1.54) is 135 Å².